The summed E-state index contributed by atoms with van der Waals surface area (Å²) in [5.74, 6) is 0. The zero-order chi connectivity index (χ0) is 11.8. The van der Waals surface area contributed by atoms with Crippen LogP contribution in [0.3, 0.4) is 0 Å². The lowest BCUT2D eigenvalue weighted by Crippen LogP contribution is -2.13. The van der Waals surface area contributed by atoms with Gasteiger partial charge in [0.2, 0.25) is 0 Å². The Bertz CT molecular complexity index is 543. The number of thiazole rings is 1. The van der Waals surface area contributed by atoms with E-state index in [1.807, 2.05) is 19.2 Å². The normalized spacial score (nSPS) is 11.4. The van der Waals surface area contributed by atoms with Crippen molar-refractivity contribution in [2.75, 3.05) is 0 Å². The van der Waals surface area contributed by atoms with Gasteiger partial charge in [-0.1, -0.05) is 0 Å². The predicted molar refractivity (Wildman–Crippen MR) is 68.8 cm³/mol. The minimum atomic E-state index is -0.491. The first-order valence-corrected chi connectivity index (χ1v) is 6.66. The molecule has 0 N–H and O–H groups in total. The molecule has 0 aliphatic heterocycles. The Morgan fingerprint density at radius 1 is 1.38 bits per heavy atom. The number of aromatic nitrogens is 1. The number of nitriles is 1. The SMILES string of the molecule is Cc1ccc(-c2csc(C(C)(C)C#N)n2)s1. The summed E-state index contributed by atoms with van der Waals surface area (Å²) in [6, 6.07) is 6.45. The fourth-order valence-corrected chi connectivity index (χ4v) is 3.09. The van der Waals surface area contributed by atoms with Gasteiger partial charge >= 0.3 is 0 Å². The quantitative estimate of drug-likeness (QED) is 0.806. The van der Waals surface area contributed by atoms with Crippen LogP contribution in [0.5, 0.6) is 0 Å². The Morgan fingerprint density at radius 3 is 2.69 bits per heavy atom. The van der Waals surface area contributed by atoms with E-state index in [4.69, 9.17) is 5.26 Å². The van der Waals surface area contributed by atoms with E-state index in [1.54, 1.807) is 22.7 Å². The molecule has 2 aromatic rings. The molecule has 0 fully saturated rings. The van der Waals surface area contributed by atoms with Crippen LogP contribution in [-0.2, 0) is 5.41 Å². The molecule has 0 aromatic carbocycles. The first-order chi connectivity index (χ1) is 7.53. The predicted octanol–water partition coefficient (Wildman–Crippen LogP) is 3.98. The summed E-state index contributed by atoms with van der Waals surface area (Å²) in [6.45, 7) is 5.88. The van der Waals surface area contributed by atoms with Crippen molar-refractivity contribution in [1.82, 2.24) is 4.98 Å². The van der Waals surface area contributed by atoms with Crippen molar-refractivity contribution in [1.29, 1.82) is 5.26 Å². The molecule has 0 saturated heterocycles. The number of rotatable bonds is 2. The van der Waals surface area contributed by atoms with Gasteiger partial charge in [-0.05, 0) is 32.9 Å². The lowest BCUT2D eigenvalue weighted by atomic mass is 9.97. The molecule has 0 bridgehead atoms. The maximum Gasteiger partial charge on any atom is 0.113 e. The van der Waals surface area contributed by atoms with Crippen LogP contribution in [0.25, 0.3) is 10.6 Å². The topological polar surface area (TPSA) is 36.7 Å². The average Bonchev–Trinajstić information content (AvgIpc) is 2.85. The fraction of sp³-hybridized carbons (Fsp3) is 0.333. The molecule has 82 valence electrons. The van der Waals surface area contributed by atoms with Crippen LogP contribution in [0.2, 0.25) is 0 Å². The highest BCUT2D eigenvalue weighted by atomic mass is 32.1. The van der Waals surface area contributed by atoms with Gasteiger partial charge < -0.3 is 0 Å². The van der Waals surface area contributed by atoms with E-state index >= 15 is 0 Å². The molecule has 0 unspecified atom stereocenters. The highest BCUT2D eigenvalue weighted by molar-refractivity contribution is 7.16. The van der Waals surface area contributed by atoms with Crippen molar-refractivity contribution in [3.63, 3.8) is 0 Å². The van der Waals surface area contributed by atoms with E-state index in [0.717, 1.165) is 10.7 Å². The maximum absolute atomic E-state index is 9.05. The summed E-state index contributed by atoms with van der Waals surface area (Å²) in [6.07, 6.45) is 0. The standard InChI is InChI=1S/C12H12N2S2/c1-8-4-5-10(16-8)9-6-15-11(14-9)12(2,3)7-13/h4-6H,1-3H3. The highest BCUT2D eigenvalue weighted by Crippen LogP contribution is 2.32. The van der Waals surface area contributed by atoms with E-state index in [1.165, 1.54) is 9.75 Å². The minimum absolute atomic E-state index is 0.491. The largest absolute Gasteiger partial charge is 0.239 e. The van der Waals surface area contributed by atoms with Crippen LogP contribution < -0.4 is 0 Å². The van der Waals surface area contributed by atoms with Crippen LogP contribution in [-0.4, -0.2) is 4.98 Å². The van der Waals surface area contributed by atoms with Gasteiger partial charge in [0.05, 0.1) is 16.6 Å². The van der Waals surface area contributed by atoms with Crippen LogP contribution in [0.1, 0.15) is 23.7 Å². The van der Waals surface area contributed by atoms with Crippen LogP contribution in [0.15, 0.2) is 17.5 Å². The molecule has 0 saturated carbocycles. The van der Waals surface area contributed by atoms with Crippen LogP contribution >= 0.6 is 22.7 Å². The zero-order valence-corrected chi connectivity index (χ0v) is 11.1. The molecule has 0 amide bonds. The summed E-state index contributed by atoms with van der Waals surface area (Å²) >= 11 is 3.29. The van der Waals surface area contributed by atoms with Crippen LogP contribution in [0.4, 0.5) is 0 Å². The summed E-state index contributed by atoms with van der Waals surface area (Å²) in [4.78, 5) is 7.00. The molecule has 0 spiro atoms. The molecule has 2 rings (SSSR count). The monoisotopic (exact) mass is 248 g/mol. The Balaban J connectivity index is 2.38. The minimum Gasteiger partial charge on any atom is -0.239 e. The fourth-order valence-electron chi connectivity index (χ4n) is 1.29. The van der Waals surface area contributed by atoms with Crippen molar-refractivity contribution in [3.8, 4) is 16.6 Å². The molecule has 16 heavy (non-hydrogen) atoms. The van der Waals surface area contributed by atoms with Gasteiger partial charge in [0.1, 0.15) is 10.4 Å². The van der Waals surface area contributed by atoms with Crippen molar-refractivity contribution < 1.29 is 0 Å². The number of nitrogens with zero attached hydrogens (tertiary/aromatic N) is 2. The van der Waals surface area contributed by atoms with Gasteiger partial charge in [-0.15, -0.1) is 22.7 Å². The molecule has 0 aliphatic carbocycles. The average molecular weight is 248 g/mol. The second-order valence-corrected chi connectivity index (χ2v) is 6.33. The van der Waals surface area contributed by atoms with Gasteiger partial charge in [0.25, 0.3) is 0 Å². The molecule has 2 nitrogen and oxygen atoms in total. The Labute approximate surface area is 103 Å². The lowest BCUT2D eigenvalue weighted by Gasteiger charge is -2.09. The molecule has 2 heterocycles. The molecular weight excluding hydrogens is 236 g/mol. The smallest absolute Gasteiger partial charge is 0.113 e. The number of hydrogen-bond donors (Lipinski definition) is 0. The van der Waals surface area contributed by atoms with Gasteiger partial charge in [0, 0.05) is 10.3 Å². The van der Waals surface area contributed by atoms with Gasteiger partial charge in [-0.2, -0.15) is 5.26 Å². The number of aryl methyl sites for hydroxylation is 1. The highest BCUT2D eigenvalue weighted by Gasteiger charge is 2.24. The van der Waals surface area contributed by atoms with Gasteiger partial charge in [-0.3, -0.25) is 0 Å². The van der Waals surface area contributed by atoms with Crippen molar-refractivity contribution in [3.05, 3.63) is 27.4 Å². The third kappa shape index (κ3) is 2.01. The van der Waals surface area contributed by atoms with Crippen molar-refractivity contribution in [2.45, 2.75) is 26.2 Å². The second-order valence-electron chi connectivity index (χ2n) is 4.18. The Hall–Kier alpha value is -1.18. The van der Waals surface area contributed by atoms with Crippen molar-refractivity contribution >= 4 is 22.7 Å². The van der Waals surface area contributed by atoms with E-state index < -0.39 is 5.41 Å². The first-order valence-electron chi connectivity index (χ1n) is 4.97. The van der Waals surface area contributed by atoms with Gasteiger partial charge in [-0.25, -0.2) is 4.98 Å². The first kappa shape index (κ1) is 11.3. The molecule has 0 atom stereocenters. The Morgan fingerprint density at radius 2 is 2.12 bits per heavy atom. The number of hydrogen-bond acceptors (Lipinski definition) is 4. The summed E-state index contributed by atoms with van der Waals surface area (Å²) in [5, 5.41) is 12.0. The molecule has 2 aromatic heterocycles. The van der Waals surface area contributed by atoms with E-state index in [0.29, 0.717) is 0 Å². The third-order valence-corrected chi connectivity index (χ3v) is 4.50. The van der Waals surface area contributed by atoms with Crippen LogP contribution in [0, 0.1) is 18.3 Å². The maximum atomic E-state index is 9.05. The van der Waals surface area contributed by atoms with E-state index in [-0.39, 0.29) is 0 Å². The molecule has 0 radical (unpaired) electrons. The second kappa shape index (κ2) is 4.00. The van der Waals surface area contributed by atoms with E-state index in [9.17, 15) is 0 Å². The lowest BCUT2D eigenvalue weighted by molar-refractivity contribution is 0.680. The number of thiophene rings is 1. The summed E-state index contributed by atoms with van der Waals surface area (Å²) in [5.41, 5.74) is 0.497. The third-order valence-electron chi connectivity index (χ3n) is 2.31. The molecule has 0 aliphatic rings. The Kier molecular flexibility index (Phi) is 2.83. The summed E-state index contributed by atoms with van der Waals surface area (Å²) in [7, 11) is 0. The van der Waals surface area contributed by atoms with E-state index in [2.05, 4.69) is 30.1 Å². The molecular formula is C12H12N2S2. The molecule has 4 heteroatoms. The summed E-state index contributed by atoms with van der Waals surface area (Å²) < 4.78 is 0. The van der Waals surface area contributed by atoms with Crippen molar-refractivity contribution in [2.24, 2.45) is 0 Å². The van der Waals surface area contributed by atoms with Gasteiger partial charge in [0.15, 0.2) is 0 Å². The zero-order valence-electron chi connectivity index (χ0n) is 9.44.